The van der Waals surface area contributed by atoms with Gasteiger partial charge in [-0.1, -0.05) is 42.0 Å². The summed E-state index contributed by atoms with van der Waals surface area (Å²) in [6.07, 6.45) is -2.82. The number of carbonyl (C=O) groups excluding carboxylic acids is 1. The highest BCUT2D eigenvalue weighted by atomic mass is 79.9. The Kier molecular flexibility index (Phi) is 5.62. The van der Waals surface area contributed by atoms with E-state index in [2.05, 4.69) is 21.2 Å². The molecule has 1 heterocycles. The highest BCUT2D eigenvalue weighted by Crippen LogP contribution is 2.38. The van der Waals surface area contributed by atoms with Gasteiger partial charge in [-0.05, 0) is 64.3 Å². The van der Waals surface area contributed by atoms with Crippen LogP contribution in [-0.4, -0.2) is 5.91 Å². The van der Waals surface area contributed by atoms with Gasteiger partial charge in [0.25, 0.3) is 5.91 Å². The maximum Gasteiger partial charge on any atom is 0.416 e. The molecule has 0 saturated heterocycles. The maximum atomic E-state index is 12.9. The largest absolute Gasteiger partial charge is 0.488 e. The molecule has 3 aromatic carbocycles. The van der Waals surface area contributed by atoms with Gasteiger partial charge in [-0.15, -0.1) is 0 Å². The van der Waals surface area contributed by atoms with Crippen molar-refractivity contribution in [2.45, 2.75) is 19.7 Å². The van der Waals surface area contributed by atoms with E-state index in [0.717, 1.165) is 17.7 Å². The van der Waals surface area contributed by atoms with Gasteiger partial charge in [-0.2, -0.15) is 13.2 Å². The molecule has 0 unspecified atom stereocenters. The molecule has 3 nitrogen and oxygen atoms in total. The zero-order chi connectivity index (χ0) is 22.2. The van der Waals surface area contributed by atoms with Gasteiger partial charge in [0, 0.05) is 16.8 Å². The number of benzene rings is 3. The highest BCUT2D eigenvalue weighted by Gasteiger charge is 2.33. The summed E-state index contributed by atoms with van der Waals surface area (Å²) in [6, 6.07) is 16.7. The monoisotopic (exact) mass is 487 g/mol. The molecule has 3 aromatic rings. The summed E-state index contributed by atoms with van der Waals surface area (Å²) < 4.78 is 45.3. The standard InChI is InChI=1S/C24H17BrF3NO2/c1-14-2-4-15(5-3-14)13-31-22-9-6-16(11-20(22)25)10-19-18-8-7-17(24(26,27)28)12-21(18)29-23(19)30/h2-12H,13H2,1H3,(H,29,30)/b19-10-. The first kappa shape index (κ1) is 21.2. The van der Waals surface area contributed by atoms with Gasteiger partial charge in [0.1, 0.15) is 12.4 Å². The second-order valence-corrected chi connectivity index (χ2v) is 8.09. The summed E-state index contributed by atoms with van der Waals surface area (Å²) in [4.78, 5) is 12.3. The molecule has 1 N–H and O–H groups in total. The fourth-order valence-electron chi connectivity index (χ4n) is 3.25. The Bertz CT molecular complexity index is 1180. The molecule has 0 spiro atoms. The molecule has 0 atom stereocenters. The molecule has 0 bridgehead atoms. The quantitative estimate of drug-likeness (QED) is 0.408. The average Bonchev–Trinajstić information content (AvgIpc) is 3.02. The van der Waals surface area contributed by atoms with Gasteiger partial charge in [-0.3, -0.25) is 4.79 Å². The van der Waals surface area contributed by atoms with Crippen molar-refractivity contribution >= 4 is 39.2 Å². The van der Waals surface area contributed by atoms with Gasteiger partial charge in [-0.25, -0.2) is 0 Å². The molecule has 0 aromatic heterocycles. The summed E-state index contributed by atoms with van der Waals surface area (Å²) in [6.45, 7) is 2.43. The Hall–Kier alpha value is -3.06. The van der Waals surface area contributed by atoms with Crippen molar-refractivity contribution in [3.8, 4) is 5.75 Å². The van der Waals surface area contributed by atoms with Crippen molar-refractivity contribution in [2.75, 3.05) is 5.32 Å². The molecule has 0 fully saturated rings. The molecule has 1 amide bonds. The maximum absolute atomic E-state index is 12.9. The minimum Gasteiger partial charge on any atom is -0.488 e. The number of aryl methyl sites for hydroxylation is 1. The van der Waals surface area contributed by atoms with Crippen molar-refractivity contribution in [1.29, 1.82) is 0 Å². The van der Waals surface area contributed by atoms with Gasteiger partial charge < -0.3 is 10.1 Å². The Morgan fingerprint density at radius 3 is 2.45 bits per heavy atom. The predicted molar refractivity (Wildman–Crippen MR) is 118 cm³/mol. The second kappa shape index (κ2) is 8.23. The summed E-state index contributed by atoms with van der Waals surface area (Å²) in [5.41, 5.74) is 3.04. The third kappa shape index (κ3) is 4.66. The van der Waals surface area contributed by atoms with E-state index < -0.39 is 17.6 Å². The Balaban J connectivity index is 1.55. The number of hydrogen-bond donors (Lipinski definition) is 1. The van der Waals surface area contributed by atoms with Gasteiger partial charge >= 0.3 is 6.18 Å². The number of alkyl halides is 3. The average molecular weight is 488 g/mol. The van der Waals surface area contributed by atoms with Crippen LogP contribution in [-0.2, 0) is 17.6 Å². The van der Waals surface area contributed by atoms with E-state index in [4.69, 9.17) is 4.74 Å². The lowest BCUT2D eigenvalue weighted by molar-refractivity contribution is -0.137. The first-order valence-corrected chi connectivity index (χ1v) is 10.2. The minimum absolute atomic E-state index is 0.156. The van der Waals surface area contributed by atoms with Crippen LogP contribution in [0.3, 0.4) is 0 Å². The molecule has 7 heteroatoms. The Labute approximate surface area is 185 Å². The van der Waals surface area contributed by atoms with Gasteiger partial charge in [0.15, 0.2) is 0 Å². The lowest BCUT2D eigenvalue weighted by atomic mass is 10.0. The molecular formula is C24H17BrF3NO2. The van der Waals surface area contributed by atoms with Crippen LogP contribution in [0.25, 0.3) is 11.6 Å². The minimum atomic E-state index is -4.47. The summed E-state index contributed by atoms with van der Waals surface area (Å²) in [5, 5.41) is 2.50. The molecule has 4 rings (SSSR count). The number of rotatable bonds is 4. The van der Waals surface area contributed by atoms with Crippen molar-refractivity contribution in [3.63, 3.8) is 0 Å². The first-order valence-electron chi connectivity index (χ1n) is 9.43. The highest BCUT2D eigenvalue weighted by molar-refractivity contribution is 9.10. The fourth-order valence-corrected chi connectivity index (χ4v) is 3.76. The van der Waals surface area contributed by atoms with E-state index in [9.17, 15) is 18.0 Å². The fraction of sp³-hybridized carbons (Fsp3) is 0.125. The van der Waals surface area contributed by atoms with Crippen LogP contribution in [0.15, 0.2) is 65.1 Å². The first-order chi connectivity index (χ1) is 14.7. The van der Waals surface area contributed by atoms with Gasteiger partial charge in [0.05, 0.1) is 10.0 Å². The van der Waals surface area contributed by atoms with Crippen LogP contribution < -0.4 is 10.1 Å². The van der Waals surface area contributed by atoms with E-state index in [1.165, 1.54) is 11.6 Å². The van der Waals surface area contributed by atoms with Crippen molar-refractivity contribution in [3.05, 3.63) is 93.0 Å². The van der Waals surface area contributed by atoms with Crippen LogP contribution in [0.1, 0.15) is 27.8 Å². The smallest absolute Gasteiger partial charge is 0.416 e. The summed E-state index contributed by atoms with van der Waals surface area (Å²) in [5.74, 6) is 0.207. The zero-order valence-electron chi connectivity index (χ0n) is 16.4. The molecule has 158 valence electrons. The number of ether oxygens (including phenoxy) is 1. The third-order valence-electron chi connectivity index (χ3n) is 4.91. The number of carbonyl (C=O) groups is 1. The topological polar surface area (TPSA) is 38.3 Å². The van der Waals surface area contributed by atoms with Crippen LogP contribution in [0.2, 0.25) is 0 Å². The van der Waals surface area contributed by atoms with E-state index in [0.29, 0.717) is 33.5 Å². The van der Waals surface area contributed by atoms with E-state index in [1.807, 2.05) is 31.2 Å². The molecule has 31 heavy (non-hydrogen) atoms. The number of halogens is 4. The Morgan fingerprint density at radius 2 is 1.77 bits per heavy atom. The third-order valence-corrected chi connectivity index (χ3v) is 5.53. The second-order valence-electron chi connectivity index (χ2n) is 7.23. The van der Waals surface area contributed by atoms with Crippen LogP contribution in [0, 0.1) is 6.92 Å². The molecule has 1 aliphatic rings. The number of hydrogen-bond acceptors (Lipinski definition) is 2. The molecule has 0 aliphatic carbocycles. The lowest BCUT2D eigenvalue weighted by Gasteiger charge is -2.10. The summed E-state index contributed by atoms with van der Waals surface area (Å²) >= 11 is 3.48. The number of anilines is 1. The lowest BCUT2D eigenvalue weighted by Crippen LogP contribution is -2.06. The van der Waals surface area contributed by atoms with Crippen LogP contribution >= 0.6 is 15.9 Å². The SMILES string of the molecule is Cc1ccc(COc2ccc(/C=C3\C(=O)Nc4cc(C(F)(F)F)ccc43)cc2Br)cc1. The molecule has 0 saturated carbocycles. The number of fused-ring (bicyclic) bond motifs is 1. The number of amides is 1. The van der Waals surface area contributed by atoms with Crippen LogP contribution in [0.5, 0.6) is 5.75 Å². The van der Waals surface area contributed by atoms with E-state index in [1.54, 1.807) is 24.3 Å². The van der Waals surface area contributed by atoms with Crippen molar-refractivity contribution in [1.82, 2.24) is 0 Å². The van der Waals surface area contributed by atoms with Crippen molar-refractivity contribution in [2.24, 2.45) is 0 Å². The van der Waals surface area contributed by atoms with Crippen LogP contribution in [0.4, 0.5) is 18.9 Å². The molecule has 1 aliphatic heterocycles. The number of nitrogens with one attached hydrogen (secondary N) is 1. The molecular weight excluding hydrogens is 471 g/mol. The van der Waals surface area contributed by atoms with Gasteiger partial charge in [0.2, 0.25) is 0 Å². The predicted octanol–water partition coefficient (Wildman–Crippen LogP) is 6.85. The van der Waals surface area contributed by atoms with E-state index in [-0.39, 0.29) is 5.69 Å². The summed E-state index contributed by atoms with van der Waals surface area (Å²) in [7, 11) is 0. The van der Waals surface area contributed by atoms with E-state index >= 15 is 0 Å². The zero-order valence-corrected chi connectivity index (χ0v) is 18.0. The molecule has 0 radical (unpaired) electrons. The van der Waals surface area contributed by atoms with Crippen molar-refractivity contribution < 1.29 is 22.7 Å². The normalized spacial score (nSPS) is 14.5. The Morgan fingerprint density at radius 1 is 1.03 bits per heavy atom.